The molecular weight excluding hydrogens is 448 g/mol. The van der Waals surface area contributed by atoms with Crippen molar-refractivity contribution in [3.63, 3.8) is 0 Å². The van der Waals surface area contributed by atoms with E-state index in [0.29, 0.717) is 29.6 Å². The van der Waals surface area contributed by atoms with Gasteiger partial charge in [0, 0.05) is 55.4 Å². The molecule has 4 aromatic rings. The fourth-order valence-electron chi connectivity index (χ4n) is 4.29. The van der Waals surface area contributed by atoms with Crippen molar-refractivity contribution in [1.29, 1.82) is 0 Å². The van der Waals surface area contributed by atoms with E-state index in [2.05, 4.69) is 67.3 Å². The quantitative estimate of drug-likeness (QED) is 0.295. The van der Waals surface area contributed by atoms with Gasteiger partial charge in [0.1, 0.15) is 0 Å². The Hall–Kier alpha value is -4.15. The van der Waals surface area contributed by atoms with Crippen LogP contribution in [0.1, 0.15) is 17.5 Å². The van der Waals surface area contributed by atoms with E-state index in [9.17, 15) is 0 Å². The summed E-state index contributed by atoms with van der Waals surface area (Å²) < 4.78 is 5.92. The van der Waals surface area contributed by atoms with Gasteiger partial charge in [0.15, 0.2) is 5.65 Å². The highest BCUT2D eigenvalue weighted by atomic mass is 16.5. The molecule has 182 valence electrons. The van der Waals surface area contributed by atoms with E-state index in [4.69, 9.17) is 11.2 Å². The molecule has 0 radical (unpaired) electrons. The first-order valence-electron chi connectivity index (χ1n) is 12.3. The zero-order valence-electron chi connectivity index (χ0n) is 20.5. The molecule has 1 fully saturated rings. The highest BCUT2D eigenvalue weighted by Crippen LogP contribution is 2.24. The SMILES string of the molecule is C#Cc1cc(OCCCc2ccccc2)nc2nc(Nc3ccc(N4CCN(C)CC4)cc3)ncc12. The number of benzene rings is 2. The summed E-state index contributed by atoms with van der Waals surface area (Å²) in [6, 6.07) is 20.5. The minimum Gasteiger partial charge on any atom is -0.478 e. The minimum atomic E-state index is 0.464. The first kappa shape index (κ1) is 23.6. The maximum absolute atomic E-state index is 5.92. The summed E-state index contributed by atoms with van der Waals surface area (Å²) in [4.78, 5) is 18.4. The van der Waals surface area contributed by atoms with Crippen LogP contribution in [0.3, 0.4) is 0 Å². The second-order valence-electron chi connectivity index (χ2n) is 8.98. The van der Waals surface area contributed by atoms with Crippen molar-refractivity contribution in [2.45, 2.75) is 12.8 Å². The fourth-order valence-corrected chi connectivity index (χ4v) is 4.29. The van der Waals surface area contributed by atoms with Gasteiger partial charge in [-0.2, -0.15) is 9.97 Å². The highest BCUT2D eigenvalue weighted by Gasteiger charge is 2.14. The van der Waals surface area contributed by atoms with Crippen LogP contribution >= 0.6 is 0 Å². The first-order valence-corrected chi connectivity index (χ1v) is 12.3. The van der Waals surface area contributed by atoms with Crippen LogP contribution in [0.5, 0.6) is 5.88 Å². The van der Waals surface area contributed by atoms with E-state index in [0.717, 1.165) is 50.1 Å². The van der Waals surface area contributed by atoms with Crippen LogP contribution in [0.2, 0.25) is 0 Å². The molecule has 7 nitrogen and oxygen atoms in total. The Kier molecular flexibility index (Phi) is 7.25. The lowest BCUT2D eigenvalue weighted by Crippen LogP contribution is -2.44. The third kappa shape index (κ3) is 5.73. The van der Waals surface area contributed by atoms with Crippen LogP contribution < -0.4 is 15.0 Å². The van der Waals surface area contributed by atoms with Crippen molar-refractivity contribution in [3.8, 4) is 18.2 Å². The zero-order chi connectivity index (χ0) is 24.7. The topological polar surface area (TPSA) is 66.4 Å². The molecule has 1 N–H and O–H groups in total. The lowest BCUT2D eigenvalue weighted by molar-refractivity contribution is 0.300. The van der Waals surface area contributed by atoms with E-state index in [1.807, 2.05) is 30.3 Å². The molecule has 0 bridgehead atoms. The lowest BCUT2D eigenvalue weighted by atomic mass is 10.1. The van der Waals surface area contributed by atoms with Crippen LogP contribution in [-0.2, 0) is 6.42 Å². The molecule has 3 heterocycles. The second kappa shape index (κ2) is 11.1. The fraction of sp³-hybridized carbons (Fsp3) is 0.276. The Bertz CT molecular complexity index is 1340. The van der Waals surface area contributed by atoms with Gasteiger partial charge in [0.05, 0.1) is 12.0 Å². The molecular formula is C29H30N6O. The van der Waals surface area contributed by atoms with Gasteiger partial charge in [-0.3, -0.25) is 0 Å². The number of piperazine rings is 1. The average Bonchev–Trinajstić information content (AvgIpc) is 2.92. The van der Waals surface area contributed by atoms with Gasteiger partial charge in [-0.15, -0.1) is 6.42 Å². The third-order valence-corrected chi connectivity index (χ3v) is 6.39. The molecule has 0 amide bonds. The van der Waals surface area contributed by atoms with Crippen LogP contribution in [0.4, 0.5) is 17.3 Å². The predicted octanol–water partition coefficient (Wildman–Crippen LogP) is 4.51. The molecule has 1 aliphatic heterocycles. The van der Waals surface area contributed by atoms with Gasteiger partial charge in [-0.1, -0.05) is 36.3 Å². The number of nitrogens with zero attached hydrogens (tertiary/aromatic N) is 5. The molecule has 2 aromatic heterocycles. The van der Waals surface area contributed by atoms with E-state index < -0.39 is 0 Å². The number of rotatable bonds is 8. The molecule has 5 rings (SSSR count). The predicted molar refractivity (Wildman–Crippen MR) is 145 cm³/mol. The Morgan fingerprint density at radius 2 is 1.78 bits per heavy atom. The number of ether oxygens (including phenoxy) is 1. The zero-order valence-corrected chi connectivity index (χ0v) is 20.5. The smallest absolute Gasteiger partial charge is 0.229 e. The lowest BCUT2D eigenvalue weighted by Gasteiger charge is -2.34. The Morgan fingerprint density at radius 3 is 2.53 bits per heavy atom. The minimum absolute atomic E-state index is 0.464. The molecule has 36 heavy (non-hydrogen) atoms. The molecule has 1 saturated heterocycles. The molecule has 0 spiro atoms. The molecule has 0 unspecified atom stereocenters. The summed E-state index contributed by atoms with van der Waals surface area (Å²) in [6.07, 6.45) is 9.29. The van der Waals surface area contributed by atoms with Crippen molar-refractivity contribution in [1.82, 2.24) is 19.9 Å². The van der Waals surface area contributed by atoms with Gasteiger partial charge in [0.2, 0.25) is 11.8 Å². The molecule has 0 aliphatic carbocycles. The molecule has 0 saturated carbocycles. The van der Waals surface area contributed by atoms with Crippen molar-refractivity contribution in [2.75, 3.05) is 50.1 Å². The van der Waals surface area contributed by atoms with Crippen molar-refractivity contribution in [3.05, 3.63) is 78.0 Å². The normalized spacial score (nSPS) is 13.9. The first-order chi connectivity index (χ1) is 17.7. The number of likely N-dealkylation sites (N-methyl/N-ethyl adjacent to an activating group) is 1. The third-order valence-electron chi connectivity index (χ3n) is 6.39. The number of aromatic nitrogens is 3. The second-order valence-corrected chi connectivity index (χ2v) is 8.98. The van der Waals surface area contributed by atoms with Gasteiger partial charge in [-0.25, -0.2) is 4.98 Å². The van der Waals surface area contributed by atoms with Crippen molar-refractivity contribution >= 4 is 28.4 Å². The number of anilines is 3. The number of terminal acetylenes is 1. The number of aryl methyl sites for hydroxylation is 1. The number of fused-ring (bicyclic) bond motifs is 1. The van der Waals surface area contributed by atoms with E-state index >= 15 is 0 Å². The number of nitrogens with one attached hydrogen (secondary N) is 1. The Balaban J connectivity index is 1.25. The summed E-state index contributed by atoms with van der Waals surface area (Å²) in [5.74, 6) is 3.65. The molecule has 2 aromatic carbocycles. The average molecular weight is 479 g/mol. The number of hydrogen-bond donors (Lipinski definition) is 1. The van der Waals surface area contributed by atoms with Gasteiger partial charge in [-0.05, 0) is 49.7 Å². The standard InChI is InChI=1S/C29H30N6O/c1-3-23-20-27(36-19-7-10-22-8-5-4-6-9-22)32-28-26(23)21-30-29(33-28)31-24-11-13-25(14-12-24)35-17-15-34(2)16-18-35/h1,4-6,8-9,11-14,20-21H,7,10,15-19H2,2H3,(H,30,31,32,33). The monoisotopic (exact) mass is 478 g/mol. The van der Waals surface area contributed by atoms with E-state index in [1.165, 1.54) is 11.3 Å². The van der Waals surface area contributed by atoms with Gasteiger partial charge >= 0.3 is 0 Å². The maximum Gasteiger partial charge on any atom is 0.229 e. The summed E-state index contributed by atoms with van der Waals surface area (Å²) in [6.45, 7) is 4.79. The maximum atomic E-state index is 5.92. The molecule has 1 aliphatic rings. The van der Waals surface area contributed by atoms with Gasteiger partial charge in [0.25, 0.3) is 0 Å². The van der Waals surface area contributed by atoms with Crippen LogP contribution in [-0.4, -0.2) is 59.7 Å². The van der Waals surface area contributed by atoms with Gasteiger partial charge < -0.3 is 19.9 Å². The highest BCUT2D eigenvalue weighted by molar-refractivity contribution is 5.83. The summed E-state index contributed by atoms with van der Waals surface area (Å²) in [5.41, 5.74) is 4.60. The number of pyridine rings is 1. The Labute approximate surface area is 212 Å². The summed E-state index contributed by atoms with van der Waals surface area (Å²) in [7, 11) is 2.16. The summed E-state index contributed by atoms with van der Waals surface area (Å²) >= 11 is 0. The molecule has 0 atom stereocenters. The van der Waals surface area contributed by atoms with Crippen LogP contribution in [0.25, 0.3) is 11.0 Å². The largest absolute Gasteiger partial charge is 0.478 e. The van der Waals surface area contributed by atoms with Crippen LogP contribution in [0, 0.1) is 12.3 Å². The number of hydrogen-bond acceptors (Lipinski definition) is 7. The Morgan fingerprint density at radius 1 is 1.00 bits per heavy atom. The summed E-state index contributed by atoms with van der Waals surface area (Å²) in [5, 5.41) is 4.01. The van der Waals surface area contributed by atoms with Crippen LogP contribution in [0.15, 0.2) is 66.9 Å². The van der Waals surface area contributed by atoms with E-state index in [1.54, 1.807) is 12.3 Å². The molecule has 7 heteroatoms. The van der Waals surface area contributed by atoms with Crippen molar-refractivity contribution in [2.24, 2.45) is 0 Å². The van der Waals surface area contributed by atoms with E-state index in [-0.39, 0.29) is 0 Å². The van der Waals surface area contributed by atoms with Crippen molar-refractivity contribution < 1.29 is 4.74 Å².